The van der Waals surface area contributed by atoms with Crippen LogP contribution in [-0.4, -0.2) is 22.9 Å². The molecule has 2 heterocycles. The molecule has 0 bridgehead atoms. The molecule has 1 atom stereocenters. The SMILES string of the molecule is Cc1ccc(C)n1-c1ccc(NC(=O)[C@H]2CC(=O)N(c3ccc(Cl)cc3)C2)cc1. The maximum absolute atomic E-state index is 12.7. The van der Waals surface area contributed by atoms with Crippen LogP contribution in [-0.2, 0) is 9.59 Å². The van der Waals surface area contributed by atoms with Crippen molar-refractivity contribution < 1.29 is 9.59 Å². The molecule has 6 heteroatoms. The molecule has 1 aromatic heterocycles. The molecule has 1 aliphatic rings. The zero-order valence-electron chi connectivity index (χ0n) is 16.4. The molecule has 0 spiro atoms. The van der Waals surface area contributed by atoms with E-state index in [-0.39, 0.29) is 24.2 Å². The third kappa shape index (κ3) is 3.91. The molecule has 1 saturated heterocycles. The average molecular weight is 408 g/mol. The zero-order valence-corrected chi connectivity index (χ0v) is 17.1. The number of benzene rings is 2. The van der Waals surface area contributed by atoms with Crippen molar-refractivity contribution >= 4 is 34.8 Å². The highest BCUT2D eigenvalue weighted by molar-refractivity contribution is 6.30. The predicted octanol–water partition coefficient (Wildman–Crippen LogP) is 4.74. The van der Waals surface area contributed by atoms with Crippen molar-refractivity contribution in [3.8, 4) is 5.69 Å². The van der Waals surface area contributed by atoms with Crippen molar-refractivity contribution in [3.05, 3.63) is 77.1 Å². The number of amides is 2. The van der Waals surface area contributed by atoms with Gasteiger partial charge < -0.3 is 14.8 Å². The minimum atomic E-state index is -0.383. The topological polar surface area (TPSA) is 54.3 Å². The number of carbonyl (C=O) groups excluding carboxylic acids is 2. The van der Waals surface area contributed by atoms with Gasteiger partial charge in [0, 0.05) is 46.4 Å². The van der Waals surface area contributed by atoms with Crippen LogP contribution >= 0.6 is 11.6 Å². The Kier molecular flexibility index (Phi) is 5.16. The number of carbonyl (C=O) groups is 2. The first-order valence-corrected chi connectivity index (χ1v) is 9.92. The predicted molar refractivity (Wildman–Crippen MR) is 116 cm³/mol. The summed E-state index contributed by atoms with van der Waals surface area (Å²) in [6, 6.07) is 19.0. The second-order valence-corrected chi connectivity index (χ2v) is 7.81. The van der Waals surface area contributed by atoms with Crippen molar-refractivity contribution in [2.24, 2.45) is 5.92 Å². The summed E-state index contributed by atoms with van der Waals surface area (Å²) in [5, 5.41) is 3.55. The van der Waals surface area contributed by atoms with Crippen LogP contribution in [0.25, 0.3) is 5.69 Å². The number of nitrogens with one attached hydrogen (secondary N) is 1. The summed E-state index contributed by atoms with van der Waals surface area (Å²) in [5.74, 6) is -0.580. The minimum Gasteiger partial charge on any atom is -0.326 e. The minimum absolute atomic E-state index is 0.0543. The van der Waals surface area contributed by atoms with Crippen molar-refractivity contribution in [2.45, 2.75) is 20.3 Å². The summed E-state index contributed by atoms with van der Waals surface area (Å²) in [6.45, 7) is 4.49. The molecule has 0 radical (unpaired) electrons. The Bertz CT molecular complexity index is 1040. The number of rotatable bonds is 4. The Morgan fingerprint density at radius 2 is 1.52 bits per heavy atom. The van der Waals surface area contributed by atoms with Crippen LogP contribution in [0.15, 0.2) is 60.7 Å². The van der Waals surface area contributed by atoms with Gasteiger partial charge in [-0.3, -0.25) is 9.59 Å². The summed E-state index contributed by atoms with van der Waals surface area (Å²) in [7, 11) is 0. The van der Waals surface area contributed by atoms with Gasteiger partial charge in [-0.05, 0) is 74.5 Å². The number of aromatic nitrogens is 1. The van der Waals surface area contributed by atoms with Gasteiger partial charge in [0.05, 0.1) is 5.92 Å². The average Bonchev–Trinajstić information content (AvgIpc) is 3.25. The molecule has 2 aromatic carbocycles. The first-order valence-electron chi connectivity index (χ1n) is 9.54. The van der Waals surface area contributed by atoms with E-state index in [1.807, 2.05) is 24.3 Å². The van der Waals surface area contributed by atoms with Crippen molar-refractivity contribution in [3.63, 3.8) is 0 Å². The largest absolute Gasteiger partial charge is 0.326 e. The van der Waals surface area contributed by atoms with Crippen LogP contribution in [0.1, 0.15) is 17.8 Å². The van der Waals surface area contributed by atoms with Gasteiger partial charge in [0.15, 0.2) is 0 Å². The molecular formula is C23H22ClN3O2. The Morgan fingerprint density at radius 1 is 0.931 bits per heavy atom. The normalized spacial score (nSPS) is 16.3. The van der Waals surface area contributed by atoms with Crippen LogP contribution in [0.5, 0.6) is 0 Å². The van der Waals surface area contributed by atoms with E-state index in [1.165, 1.54) is 0 Å². The molecule has 3 aromatic rings. The van der Waals surface area contributed by atoms with Crippen LogP contribution in [0, 0.1) is 19.8 Å². The fourth-order valence-corrected chi connectivity index (χ4v) is 3.89. The Morgan fingerprint density at radius 3 is 2.14 bits per heavy atom. The quantitative estimate of drug-likeness (QED) is 0.679. The van der Waals surface area contributed by atoms with Gasteiger partial charge in [-0.1, -0.05) is 11.6 Å². The molecule has 29 heavy (non-hydrogen) atoms. The van der Waals surface area contributed by atoms with Crippen LogP contribution in [0.2, 0.25) is 5.02 Å². The lowest BCUT2D eigenvalue weighted by molar-refractivity contribution is -0.122. The molecule has 0 aliphatic carbocycles. The van der Waals surface area contributed by atoms with E-state index in [4.69, 9.17) is 11.6 Å². The standard InChI is InChI=1S/C23H22ClN3O2/c1-15-3-4-16(2)27(15)21-11-7-19(8-12-21)25-23(29)17-13-22(28)26(14-17)20-9-5-18(24)6-10-20/h3-12,17H,13-14H2,1-2H3,(H,25,29)/t17-/m0/s1. The summed E-state index contributed by atoms with van der Waals surface area (Å²) >= 11 is 5.92. The van der Waals surface area contributed by atoms with E-state index in [0.29, 0.717) is 11.6 Å². The molecular weight excluding hydrogens is 386 g/mol. The number of hydrogen-bond donors (Lipinski definition) is 1. The van der Waals surface area contributed by atoms with Crippen LogP contribution < -0.4 is 10.2 Å². The van der Waals surface area contributed by atoms with E-state index in [0.717, 1.165) is 28.5 Å². The third-order valence-electron chi connectivity index (χ3n) is 5.30. The number of hydrogen-bond acceptors (Lipinski definition) is 2. The number of nitrogens with zero attached hydrogens (tertiary/aromatic N) is 2. The summed E-state index contributed by atoms with van der Waals surface area (Å²) < 4.78 is 2.16. The lowest BCUT2D eigenvalue weighted by Gasteiger charge is -2.17. The fraction of sp³-hybridized carbons (Fsp3) is 0.217. The van der Waals surface area contributed by atoms with Gasteiger partial charge in [-0.25, -0.2) is 0 Å². The molecule has 4 rings (SSSR count). The number of aryl methyl sites for hydroxylation is 2. The van der Waals surface area contributed by atoms with Gasteiger partial charge in [-0.15, -0.1) is 0 Å². The van der Waals surface area contributed by atoms with Gasteiger partial charge in [0.25, 0.3) is 0 Å². The second-order valence-electron chi connectivity index (χ2n) is 7.37. The molecule has 1 aliphatic heterocycles. The highest BCUT2D eigenvalue weighted by Gasteiger charge is 2.35. The Hall–Kier alpha value is -3.05. The van der Waals surface area contributed by atoms with Crippen molar-refractivity contribution in [1.29, 1.82) is 0 Å². The summed E-state index contributed by atoms with van der Waals surface area (Å²) in [6.07, 6.45) is 0.203. The Balaban J connectivity index is 1.43. The maximum atomic E-state index is 12.7. The van der Waals surface area contributed by atoms with Gasteiger partial charge in [0.1, 0.15) is 0 Å². The van der Waals surface area contributed by atoms with E-state index in [1.54, 1.807) is 29.2 Å². The van der Waals surface area contributed by atoms with Crippen LogP contribution in [0.3, 0.4) is 0 Å². The first-order chi connectivity index (χ1) is 13.9. The molecule has 2 amide bonds. The monoisotopic (exact) mass is 407 g/mol. The molecule has 1 fully saturated rings. The third-order valence-corrected chi connectivity index (χ3v) is 5.55. The lowest BCUT2D eigenvalue weighted by Crippen LogP contribution is -2.28. The van der Waals surface area contributed by atoms with E-state index in [2.05, 4.69) is 35.9 Å². The highest BCUT2D eigenvalue weighted by atomic mass is 35.5. The molecule has 0 unspecified atom stereocenters. The lowest BCUT2D eigenvalue weighted by atomic mass is 10.1. The van der Waals surface area contributed by atoms with E-state index < -0.39 is 0 Å². The molecule has 1 N–H and O–H groups in total. The Labute approximate surface area is 174 Å². The second kappa shape index (κ2) is 7.76. The number of anilines is 2. The van der Waals surface area contributed by atoms with E-state index >= 15 is 0 Å². The fourth-order valence-electron chi connectivity index (χ4n) is 3.77. The van der Waals surface area contributed by atoms with Gasteiger partial charge >= 0.3 is 0 Å². The summed E-state index contributed by atoms with van der Waals surface area (Å²) in [5.41, 5.74) is 4.85. The molecule has 0 saturated carbocycles. The van der Waals surface area contributed by atoms with Crippen molar-refractivity contribution in [1.82, 2.24) is 4.57 Å². The molecule has 5 nitrogen and oxygen atoms in total. The van der Waals surface area contributed by atoms with Crippen molar-refractivity contribution in [2.75, 3.05) is 16.8 Å². The van der Waals surface area contributed by atoms with Gasteiger partial charge in [-0.2, -0.15) is 0 Å². The number of halogens is 1. The zero-order chi connectivity index (χ0) is 20.5. The summed E-state index contributed by atoms with van der Waals surface area (Å²) in [4.78, 5) is 26.7. The smallest absolute Gasteiger partial charge is 0.229 e. The van der Waals surface area contributed by atoms with Crippen LogP contribution in [0.4, 0.5) is 11.4 Å². The van der Waals surface area contributed by atoms with Gasteiger partial charge in [0.2, 0.25) is 11.8 Å². The highest BCUT2D eigenvalue weighted by Crippen LogP contribution is 2.27. The first kappa shape index (κ1) is 19.3. The molecule has 148 valence electrons. The van der Waals surface area contributed by atoms with E-state index in [9.17, 15) is 9.59 Å². The maximum Gasteiger partial charge on any atom is 0.229 e.